The molecule has 1 atom stereocenters. The molecule has 5 nitrogen and oxygen atoms in total. The first-order valence-electron chi connectivity index (χ1n) is 8.50. The monoisotopic (exact) mass is 375 g/mol. The number of carbonyl (C=O) groups excluding carboxylic acids is 1. The summed E-state index contributed by atoms with van der Waals surface area (Å²) in [5.74, 6) is -0.141. The summed E-state index contributed by atoms with van der Waals surface area (Å²) in [6.07, 6.45) is -2.86. The zero-order valence-corrected chi connectivity index (χ0v) is 14.2. The van der Waals surface area contributed by atoms with Crippen LogP contribution < -0.4 is 10.1 Å². The van der Waals surface area contributed by atoms with Gasteiger partial charge in [0.1, 0.15) is 5.75 Å². The minimum atomic E-state index is -4.75. The molecule has 2 aliphatic rings. The molecule has 8 heteroatoms. The van der Waals surface area contributed by atoms with Crippen molar-refractivity contribution in [1.82, 2.24) is 5.01 Å². The Morgan fingerprint density at radius 1 is 1.15 bits per heavy atom. The first kappa shape index (κ1) is 17.4. The zero-order valence-electron chi connectivity index (χ0n) is 14.2. The van der Waals surface area contributed by atoms with Crippen LogP contribution in [0.1, 0.15) is 17.5 Å². The average molecular weight is 375 g/mol. The number of fused-ring (bicyclic) bond motifs is 3. The molecule has 1 unspecified atom stereocenters. The quantitative estimate of drug-likeness (QED) is 0.846. The number of nitrogens with one attached hydrogen (secondary N) is 1. The lowest BCUT2D eigenvalue weighted by atomic mass is 9.83. The van der Waals surface area contributed by atoms with E-state index in [0.29, 0.717) is 12.2 Å². The van der Waals surface area contributed by atoms with Gasteiger partial charge in [0, 0.05) is 17.2 Å². The van der Waals surface area contributed by atoms with Crippen molar-refractivity contribution in [1.29, 1.82) is 0 Å². The number of nitrogens with zero attached hydrogens (tertiary/aromatic N) is 2. The van der Waals surface area contributed by atoms with Gasteiger partial charge in [-0.1, -0.05) is 24.3 Å². The van der Waals surface area contributed by atoms with Crippen molar-refractivity contribution in [2.45, 2.75) is 19.2 Å². The summed E-state index contributed by atoms with van der Waals surface area (Å²) in [6, 6.07) is 12.6. The van der Waals surface area contributed by atoms with Crippen LogP contribution in [0, 0.1) is 5.92 Å². The number of urea groups is 1. The van der Waals surface area contributed by atoms with E-state index < -0.39 is 12.4 Å². The molecule has 2 aromatic carbocycles. The Morgan fingerprint density at radius 3 is 2.63 bits per heavy atom. The van der Waals surface area contributed by atoms with Gasteiger partial charge in [0.05, 0.1) is 12.3 Å². The number of hydrogen-bond acceptors (Lipinski definition) is 3. The minimum Gasteiger partial charge on any atom is -0.406 e. The van der Waals surface area contributed by atoms with Crippen molar-refractivity contribution < 1.29 is 22.7 Å². The summed E-state index contributed by atoms with van der Waals surface area (Å²) >= 11 is 0. The van der Waals surface area contributed by atoms with Gasteiger partial charge in [0.25, 0.3) is 0 Å². The molecule has 0 aromatic heterocycles. The first-order chi connectivity index (χ1) is 12.9. The van der Waals surface area contributed by atoms with Crippen LogP contribution in [0.4, 0.5) is 23.7 Å². The number of benzene rings is 2. The van der Waals surface area contributed by atoms with E-state index in [1.165, 1.54) is 22.7 Å². The van der Waals surface area contributed by atoms with Crippen molar-refractivity contribution in [3.63, 3.8) is 0 Å². The fourth-order valence-corrected chi connectivity index (χ4v) is 3.42. The van der Waals surface area contributed by atoms with Crippen molar-refractivity contribution in [3.8, 4) is 5.75 Å². The molecule has 1 aliphatic heterocycles. The number of carbonyl (C=O) groups is 1. The summed E-state index contributed by atoms with van der Waals surface area (Å²) < 4.78 is 40.4. The maximum atomic E-state index is 12.5. The highest BCUT2D eigenvalue weighted by Crippen LogP contribution is 2.31. The largest absolute Gasteiger partial charge is 0.573 e. The van der Waals surface area contributed by atoms with E-state index in [-0.39, 0.29) is 11.7 Å². The van der Waals surface area contributed by atoms with Crippen molar-refractivity contribution in [2.75, 3.05) is 11.9 Å². The van der Waals surface area contributed by atoms with Gasteiger partial charge in [-0.15, -0.1) is 13.2 Å². The van der Waals surface area contributed by atoms with E-state index in [1.54, 1.807) is 0 Å². The summed E-state index contributed by atoms with van der Waals surface area (Å²) in [7, 11) is 0. The van der Waals surface area contributed by atoms with Crippen LogP contribution >= 0.6 is 0 Å². The number of anilines is 1. The maximum absolute atomic E-state index is 12.5. The Labute approximate surface area is 153 Å². The second kappa shape index (κ2) is 6.61. The standard InChI is InChI=1S/C19H16F3N3O2/c20-19(21,22)27-15-9-7-14(8-10-15)23-18(26)25-11-13-6-5-12-3-1-2-4-16(12)17(13)24-25/h1-4,7-10,13H,5-6,11H2,(H,23,26). The van der Waals surface area contributed by atoms with Gasteiger partial charge in [-0.05, 0) is 42.7 Å². The second-order valence-electron chi connectivity index (χ2n) is 6.46. The van der Waals surface area contributed by atoms with E-state index in [2.05, 4.69) is 21.2 Å². The third kappa shape index (κ3) is 3.74. The predicted octanol–water partition coefficient (Wildman–Crippen LogP) is 4.40. The van der Waals surface area contributed by atoms with Gasteiger partial charge in [-0.2, -0.15) is 5.10 Å². The number of ether oxygens (including phenoxy) is 1. The number of halogens is 3. The third-order valence-electron chi connectivity index (χ3n) is 4.64. The zero-order chi connectivity index (χ0) is 19.0. The molecule has 4 rings (SSSR count). The lowest BCUT2D eigenvalue weighted by molar-refractivity contribution is -0.274. The summed E-state index contributed by atoms with van der Waals surface area (Å²) in [6.45, 7) is 0.491. The molecule has 0 radical (unpaired) electrons. The van der Waals surface area contributed by atoms with Crippen LogP contribution in [-0.4, -0.2) is 29.7 Å². The van der Waals surface area contributed by atoms with Crippen LogP contribution in [0.3, 0.4) is 0 Å². The van der Waals surface area contributed by atoms with E-state index in [9.17, 15) is 18.0 Å². The first-order valence-corrected chi connectivity index (χ1v) is 8.50. The average Bonchev–Trinajstić information content (AvgIpc) is 3.07. The van der Waals surface area contributed by atoms with Crippen LogP contribution in [-0.2, 0) is 6.42 Å². The van der Waals surface area contributed by atoms with Gasteiger partial charge in [-0.25, -0.2) is 9.80 Å². The maximum Gasteiger partial charge on any atom is 0.573 e. The Hall–Kier alpha value is -3.03. The molecule has 1 aliphatic carbocycles. The van der Waals surface area contributed by atoms with Crippen LogP contribution in [0.5, 0.6) is 5.75 Å². The number of hydrogen-bond donors (Lipinski definition) is 1. The van der Waals surface area contributed by atoms with Crippen LogP contribution in [0.25, 0.3) is 0 Å². The van der Waals surface area contributed by atoms with Crippen molar-refractivity contribution in [3.05, 3.63) is 59.7 Å². The van der Waals surface area contributed by atoms with Crippen molar-refractivity contribution in [2.24, 2.45) is 11.0 Å². The molecule has 0 bridgehead atoms. The van der Waals surface area contributed by atoms with Gasteiger partial charge < -0.3 is 10.1 Å². The highest BCUT2D eigenvalue weighted by atomic mass is 19.4. The summed E-state index contributed by atoms with van der Waals surface area (Å²) in [5, 5.41) is 8.51. The molecule has 0 saturated heterocycles. The topological polar surface area (TPSA) is 53.9 Å². The van der Waals surface area contributed by atoms with Crippen molar-refractivity contribution >= 4 is 17.4 Å². The smallest absolute Gasteiger partial charge is 0.406 e. The molecule has 0 saturated carbocycles. The molecule has 2 aromatic rings. The molecule has 1 heterocycles. The molecule has 27 heavy (non-hydrogen) atoms. The Bertz CT molecular complexity index is 894. The number of hydrazone groups is 1. The second-order valence-corrected chi connectivity index (χ2v) is 6.46. The number of aryl methyl sites for hydroxylation is 1. The third-order valence-corrected chi connectivity index (χ3v) is 4.64. The minimum absolute atomic E-state index is 0.202. The number of amides is 2. The fourth-order valence-electron chi connectivity index (χ4n) is 3.42. The van der Waals surface area contributed by atoms with Crippen LogP contribution in [0.15, 0.2) is 53.6 Å². The lowest BCUT2D eigenvalue weighted by Gasteiger charge is -2.21. The molecular weight excluding hydrogens is 359 g/mol. The molecule has 0 fully saturated rings. The lowest BCUT2D eigenvalue weighted by Crippen LogP contribution is -2.31. The highest BCUT2D eigenvalue weighted by molar-refractivity contribution is 6.06. The molecule has 0 spiro atoms. The van der Waals surface area contributed by atoms with E-state index in [4.69, 9.17) is 0 Å². The molecule has 1 N–H and O–H groups in total. The van der Waals surface area contributed by atoms with Gasteiger partial charge in [0.15, 0.2) is 0 Å². The van der Waals surface area contributed by atoms with E-state index >= 15 is 0 Å². The van der Waals surface area contributed by atoms with Gasteiger partial charge in [-0.3, -0.25) is 0 Å². The van der Waals surface area contributed by atoms with Crippen LogP contribution in [0.2, 0.25) is 0 Å². The summed E-state index contributed by atoms with van der Waals surface area (Å²) in [4.78, 5) is 12.5. The Kier molecular flexibility index (Phi) is 4.25. The van der Waals surface area contributed by atoms with E-state index in [0.717, 1.165) is 36.2 Å². The highest BCUT2D eigenvalue weighted by Gasteiger charge is 2.34. The fraction of sp³-hybridized carbons (Fsp3) is 0.263. The normalized spacial score (nSPS) is 18.4. The number of alkyl halides is 3. The Balaban J connectivity index is 1.45. The molecule has 2 amide bonds. The van der Waals surface area contributed by atoms with E-state index in [1.807, 2.05) is 18.2 Å². The SMILES string of the molecule is O=C(Nc1ccc(OC(F)(F)F)cc1)N1CC2CCc3ccccc3C2=N1. The number of rotatable bonds is 2. The Morgan fingerprint density at radius 2 is 1.89 bits per heavy atom. The molecular formula is C19H16F3N3O2. The molecule has 140 valence electrons. The summed E-state index contributed by atoms with van der Waals surface area (Å²) in [5.41, 5.74) is 3.60. The van der Waals surface area contributed by atoms with Gasteiger partial charge >= 0.3 is 12.4 Å². The van der Waals surface area contributed by atoms with Gasteiger partial charge in [0.2, 0.25) is 0 Å². The predicted molar refractivity (Wildman–Crippen MR) is 93.6 cm³/mol.